The quantitative estimate of drug-likeness (QED) is 0.591. The van der Waals surface area contributed by atoms with Gasteiger partial charge < -0.3 is 5.32 Å². The minimum atomic E-state index is -0.370. The normalized spacial score (nSPS) is 10.5. The van der Waals surface area contributed by atoms with Crippen LogP contribution in [0.1, 0.15) is 16.1 Å². The van der Waals surface area contributed by atoms with Crippen molar-refractivity contribution in [2.24, 2.45) is 0 Å². The molecule has 0 spiro atoms. The molecule has 1 N–H and O–H groups in total. The van der Waals surface area contributed by atoms with Crippen LogP contribution < -0.4 is 5.32 Å². The lowest BCUT2D eigenvalue weighted by molar-refractivity contribution is 0.102. The summed E-state index contributed by atoms with van der Waals surface area (Å²) < 4.78 is 1.62. The largest absolute Gasteiger partial charge is 0.321 e. The summed E-state index contributed by atoms with van der Waals surface area (Å²) in [5, 5.41) is 20.5. The van der Waals surface area contributed by atoms with E-state index in [0.717, 1.165) is 5.56 Å². The molecule has 27 heavy (non-hydrogen) atoms. The highest BCUT2D eigenvalue weighted by Crippen LogP contribution is 2.21. The molecule has 0 aliphatic heterocycles. The number of nitrogens with one attached hydrogen (secondary N) is 1. The number of hydrogen-bond donors (Lipinski definition) is 1. The lowest BCUT2D eigenvalue weighted by atomic mass is 10.1. The van der Waals surface area contributed by atoms with E-state index in [-0.39, 0.29) is 11.6 Å². The van der Waals surface area contributed by atoms with Crippen molar-refractivity contribution in [1.29, 1.82) is 5.26 Å². The summed E-state index contributed by atoms with van der Waals surface area (Å²) in [4.78, 5) is 16.9. The fraction of sp³-hybridized carbons (Fsp3) is 0. The van der Waals surface area contributed by atoms with Gasteiger partial charge >= 0.3 is 0 Å². The van der Waals surface area contributed by atoms with Gasteiger partial charge in [-0.05, 0) is 42.5 Å². The van der Waals surface area contributed by atoms with Crippen LogP contribution >= 0.6 is 11.6 Å². The molecule has 0 saturated heterocycles. The zero-order valence-electron chi connectivity index (χ0n) is 13.8. The Balaban J connectivity index is 1.78. The molecule has 2 aromatic heterocycles. The van der Waals surface area contributed by atoms with Crippen molar-refractivity contribution < 1.29 is 4.79 Å². The van der Waals surface area contributed by atoms with E-state index in [0.29, 0.717) is 27.7 Å². The topological polar surface area (TPSA) is 96.0 Å². The number of carbonyl (C=O) groups is 1. The monoisotopic (exact) mass is 374 g/mol. The molecular weight excluding hydrogens is 364 g/mol. The molecule has 0 bridgehead atoms. The minimum absolute atomic E-state index is 0.275. The van der Waals surface area contributed by atoms with Crippen LogP contribution in [0.2, 0.25) is 5.02 Å². The van der Waals surface area contributed by atoms with Gasteiger partial charge in [0.25, 0.3) is 5.91 Å². The summed E-state index contributed by atoms with van der Waals surface area (Å²) >= 11 is 5.97. The second kappa shape index (κ2) is 6.86. The van der Waals surface area contributed by atoms with E-state index in [1.54, 1.807) is 52.9 Å². The van der Waals surface area contributed by atoms with E-state index < -0.39 is 0 Å². The smallest absolute Gasteiger partial charge is 0.274 e. The predicted molar refractivity (Wildman–Crippen MR) is 100 cm³/mol. The van der Waals surface area contributed by atoms with Crippen LogP contribution in [0.4, 0.5) is 5.69 Å². The molecule has 0 unspecified atom stereocenters. The minimum Gasteiger partial charge on any atom is -0.321 e. The zero-order valence-corrected chi connectivity index (χ0v) is 14.6. The average molecular weight is 375 g/mol. The summed E-state index contributed by atoms with van der Waals surface area (Å²) in [6.45, 7) is 0. The van der Waals surface area contributed by atoms with Gasteiger partial charge in [0.15, 0.2) is 11.5 Å². The molecule has 0 fully saturated rings. The first-order valence-electron chi connectivity index (χ1n) is 7.92. The number of hydrogen-bond acceptors (Lipinski definition) is 5. The van der Waals surface area contributed by atoms with Crippen molar-refractivity contribution in [3.8, 4) is 17.5 Å². The van der Waals surface area contributed by atoms with Gasteiger partial charge in [-0.15, -0.1) is 10.2 Å². The van der Waals surface area contributed by atoms with E-state index in [1.165, 1.54) is 12.4 Å². The Morgan fingerprint density at radius 3 is 2.67 bits per heavy atom. The van der Waals surface area contributed by atoms with Crippen molar-refractivity contribution >= 4 is 28.8 Å². The van der Waals surface area contributed by atoms with Gasteiger partial charge in [-0.25, -0.2) is 0 Å². The van der Waals surface area contributed by atoms with Gasteiger partial charge in [-0.2, -0.15) is 5.26 Å². The number of carbonyl (C=O) groups excluding carboxylic acids is 1. The van der Waals surface area contributed by atoms with Gasteiger partial charge in [0.2, 0.25) is 0 Å². The van der Waals surface area contributed by atoms with E-state index in [1.807, 2.05) is 0 Å². The third kappa shape index (κ3) is 3.21. The lowest BCUT2D eigenvalue weighted by Gasteiger charge is -2.09. The number of halogens is 1. The highest BCUT2D eigenvalue weighted by Gasteiger charge is 2.17. The maximum Gasteiger partial charge on any atom is 0.274 e. The molecule has 2 heterocycles. The first-order chi connectivity index (χ1) is 13.2. The van der Waals surface area contributed by atoms with Crippen molar-refractivity contribution in [1.82, 2.24) is 19.6 Å². The number of nitriles is 1. The first-order valence-corrected chi connectivity index (χ1v) is 8.30. The predicted octanol–water partition coefficient (Wildman–Crippen LogP) is 3.57. The third-order valence-corrected chi connectivity index (χ3v) is 4.14. The van der Waals surface area contributed by atoms with E-state index in [9.17, 15) is 4.79 Å². The number of nitrogens with zero attached hydrogens (tertiary/aromatic N) is 5. The Hall–Kier alpha value is -3.76. The standard InChI is InChI=1S/C19H11ClN6O/c20-14-2-1-3-15(8-14)23-19(27)16-10-22-11-17-24-25-18(26(16)17)13-6-4-12(9-21)5-7-13/h1-8,10-11H,(H,23,27). The van der Waals surface area contributed by atoms with Crippen LogP contribution in [-0.4, -0.2) is 25.5 Å². The summed E-state index contributed by atoms with van der Waals surface area (Å²) in [6.07, 6.45) is 2.97. The molecule has 7 nitrogen and oxygen atoms in total. The molecule has 4 aromatic rings. The number of fused-ring (bicyclic) bond motifs is 1. The molecule has 4 rings (SSSR count). The molecule has 130 valence electrons. The molecule has 8 heteroatoms. The zero-order chi connectivity index (χ0) is 18.8. The van der Waals surface area contributed by atoms with Crippen LogP contribution in [-0.2, 0) is 0 Å². The first kappa shape index (κ1) is 16.7. The Morgan fingerprint density at radius 1 is 1.11 bits per heavy atom. The second-order valence-electron chi connectivity index (χ2n) is 5.66. The maximum atomic E-state index is 12.8. The SMILES string of the molecule is N#Cc1ccc(-c2nnc3cncc(C(=O)Nc4cccc(Cl)c4)n23)cc1. The van der Waals surface area contributed by atoms with Gasteiger partial charge in [0.1, 0.15) is 5.69 Å². The van der Waals surface area contributed by atoms with Crippen molar-refractivity contribution in [2.45, 2.75) is 0 Å². The fourth-order valence-electron chi connectivity index (χ4n) is 2.65. The van der Waals surface area contributed by atoms with Crippen LogP contribution in [0.3, 0.4) is 0 Å². The van der Waals surface area contributed by atoms with Crippen LogP contribution in [0.5, 0.6) is 0 Å². The highest BCUT2D eigenvalue weighted by atomic mass is 35.5. The molecule has 0 aliphatic carbocycles. The number of rotatable bonds is 3. The maximum absolute atomic E-state index is 12.8. The molecule has 0 radical (unpaired) electrons. The van der Waals surface area contributed by atoms with Gasteiger partial charge in [0.05, 0.1) is 24.0 Å². The molecule has 0 aliphatic rings. The fourth-order valence-corrected chi connectivity index (χ4v) is 2.84. The Kier molecular flexibility index (Phi) is 4.24. The Bertz CT molecular complexity index is 1190. The van der Waals surface area contributed by atoms with Crippen molar-refractivity contribution in [3.63, 3.8) is 0 Å². The summed E-state index contributed by atoms with van der Waals surface area (Å²) in [5.41, 5.74) is 2.54. The van der Waals surface area contributed by atoms with Crippen LogP contribution in [0, 0.1) is 11.3 Å². The summed E-state index contributed by atoms with van der Waals surface area (Å²) in [6, 6.07) is 15.8. The van der Waals surface area contributed by atoms with Gasteiger partial charge in [-0.3, -0.25) is 14.2 Å². The Morgan fingerprint density at radius 2 is 1.93 bits per heavy atom. The van der Waals surface area contributed by atoms with Crippen LogP contribution in [0.25, 0.3) is 17.0 Å². The highest BCUT2D eigenvalue weighted by molar-refractivity contribution is 6.30. The van der Waals surface area contributed by atoms with Crippen LogP contribution in [0.15, 0.2) is 60.9 Å². The number of benzene rings is 2. The number of aromatic nitrogens is 4. The molecular formula is C19H11ClN6O. The summed E-state index contributed by atoms with van der Waals surface area (Å²) in [5.74, 6) is 0.109. The van der Waals surface area contributed by atoms with E-state index in [4.69, 9.17) is 16.9 Å². The third-order valence-electron chi connectivity index (χ3n) is 3.90. The molecule has 1 amide bonds. The second-order valence-corrected chi connectivity index (χ2v) is 6.10. The molecule has 2 aromatic carbocycles. The van der Waals surface area contributed by atoms with Gasteiger partial charge in [-0.1, -0.05) is 17.7 Å². The van der Waals surface area contributed by atoms with Crippen molar-refractivity contribution in [3.05, 3.63) is 77.2 Å². The van der Waals surface area contributed by atoms with E-state index in [2.05, 4.69) is 26.6 Å². The molecule has 0 atom stereocenters. The number of anilines is 1. The van der Waals surface area contributed by atoms with Crippen molar-refractivity contribution in [2.75, 3.05) is 5.32 Å². The van der Waals surface area contributed by atoms with Gasteiger partial charge in [0, 0.05) is 16.3 Å². The number of amides is 1. The average Bonchev–Trinajstić information content (AvgIpc) is 3.12. The Labute approximate surface area is 158 Å². The van der Waals surface area contributed by atoms with E-state index >= 15 is 0 Å². The summed E-state index contributed by atoms with van der Waals surface area (Å²) in [7, 11) is 0. The lowest BCUT2D eigenvalue weighted by Crippen LogP contribution is -2.16. The molecule has 0 saturated carbocycles.